The normalized spacial score (nSPS) is 15.8. The molecule has 1 aromatic heterocycles. The van der Waals surface area contributed by atoms with Crippen LogP contribution in [0.25, 0.3) is 0 Å². The Hall–Kier alpha value is -5.10. The van der Waals surface area contributed by atoms with Crippen LogP contribution in [0.3, 0.4) is 0 Å². The quantitative estimate of drug-likeness (QED) is 0.259. The van der Waals surface area contributed by atoms with Crippen molar-refractivity contribution in [2.75, 3.05) is 48.3 Å². The lowest BCUT2D eigenvalue weighted by atomic mass is 10.0. The number of anilines is 5. The fourth-order valence-corrected chi connectivity index (χ4v) is 5.14. The number of halogens is 2. The van der Waals surface area contributed by atoms with Crippen LogP contribution >= 0.6 is 0 Å². The lowest BCUT2D eigenvalue weighted by molar-refractivity contribution is -0.133. The maximum absolute atomic E-state index is 15.4. The van der Waals surface area contributed by atoms with Gasteiger partial charge < -0.3 is 25.6 Å². The first-order valence-corrected chi connectivity index (χ1v) is 14.2. The molecule has 0 unspecified atom stereocenters. The molecule has 3 N–H and O–H groups in total. The number of primary amides is 1. The van der Waals surface area contributed by atoms with E-state index in [4.69, 9.17) is 10.5 Å². The molecule has 1 saturated carbocycles. The number of nitrogens with two attached hydrogens (primary N) is 1. The third kappa shape index (κ3) is 6.02. The van der Waals surface area contributed by atoms with Gasteiger partial charge >= 0.3 is 0 Å². The summed E-state index contributed by atoms with van der Waals surface area (Å²) >= 11 is 0. The van der Waals surface area contributed by atoms with Gasteiger partial charge in [-0.2, -0.15) is 4.98 Å². The molecule has 12 heteroatoms. The van der Waals surface area contributed by atoms with Gasteiger partial charge in [0.1, 0.15) is 11.2 Å². The summed E-state index contributed by atoms with van der Waals surface area (Å²) in [7, 11) is 2.11. The van der Waals surface area contributed by atoms with E-state index in [0.29, 0.717) is 0 Å². The van der Waals surface area contributed by atoms with Crippen molar-refractivity contribution in [3.8, 4) is 11.6 Å². The van der Waals surface area contributed by atoms with Gasteiger partial charge in [-0.05, 0) is 74.5 Å². The second-order valence-electron chi connectivity index (χ2n) is 11.0. The zero-order valence-corrected chi connectivity index (χ0v) is 24.0. The number of benzene rings is 3. The van der Waals surface area contributed by atoms with Gasteiger partial charge in [-0.1, -0.05) is 6.07 Å². The van der Waals surface area contributed by atoms with Crippen LogP contribution in [0.4, 0.5) is 37.5 Å². The second-order valence-corrected chi connectivity index (χ2v) is 11.0. The van der Waals surface area contributed by atoms with Gasteiger partial charge in [0.2, 0.25) is 23.6 Å². The van der Waals surface area contributed by atoms with E-state index in [1.165, 1.54) is 53.6 Å². The number of hydrogen-bond donors (Lipinski definition) is 2. The Morgan fingerprint density at radius 1 is 0.955 bits per heavy atom. The highest BCUT2D eigenvalue weighted by molar-refractivity contribution is 6.16. The van der Waals surface area contributed by atoms with E-state index in [-0.39, 0.29) is 41.8 Å². The van der Waals surface area contributed by atoms with Crippen LogP contribution in [0.1, 0.15) is 12.8 Å². The maximum Gasteiger partial charge on any atom is 0.247 e. The van der Waals surface area contributed by atoms with E-state index < -0.39 is 28.9 Å². The average Bonchev–Trinajstić information content (AvgIpc) is 3.83. The van der Waals surface area contributed by atoms with Crippen LogP contribution < -0.4 is 25.6 Å². The molecule has 0 atom stereocenters. The summed E-state index contributed by atoms with van der Waals surface area (Å²) in [5.74, 6) is -2.42. The van der Waals surface area contributed by atoms with E-state index in [2.05, 4.69) is 38.2 Å². The van der Waals surface area contributed by atoms with Gasteiger partial charge in [0.15, 0.2) is 11.6 Å². The summed E-state index contributed by atoms with van der Waals surface area (Å²) in [5, 5.41) is 3.18. The molecular weight excluding hydrogens is 568 g/mol. The molecule has 226 valence electrons. The van der Waals surface area contributed by atoms with Crippen molar-refractivity contribution >= 4 is 40.5 Å². The zero-order chi connectivity index (χ0) is 30.8. The van der Waals surface area contributed by atoms with Crippen LogP contribution in [-0.2, 0) is 9.59 Å². The summed E-state index contributed by atoms with van der Waals surface area (Å²) in [5.41, 5.74) is 6.44. The molecule has 0 bridgehead atoms. The van der Waals surface area contributed by atoms with Gasteiger partial charge in [0.05, 0.1) is 5.69 Å². The summed E-state index contributed by atoms with van der Waals surface area (Å²) in [6, 6.07) is 18.5. The molecule has 0 spiro atoms. The van der Waals surface area contributed by atoms with Crippen molar-refractivity contribution in [2.24, 2.45) is 11.1 Å². The highest BCUT2D eigenvalue weighted by Crippen LogP contribution is 2.49. The topological polar surface area (TPSA) is 117 Å². The number of likely N-dealkylation sites (N-methyl/N-ethyl adjacent to an activating group) is 1. The molecule has 1 aliphatic carbocycles. The molecule has 2 heterocycles. The predicted molar refractivity (Wildman–Crippen MR) is 162 cm³/mol. The highest BCUT2D eigenvalue weighted by Gasteiger charge is 2.57. The smallest absolute Gasteiger partial charge is 0.247 e. The van der Waals surface area contributed by atoms with Gasteiger partial charge in [-0.3, -0.25) is 14.5 Å². The lowest BCUT2D eigenvalue weighted by Crippen LogP contribution is -2.44. The summed E-state index contributed by atoms with van der Waals surface area (Å²) in [4.78, 5) is 40.0. The number of rotatable bonds is 9. The number of nitrogens with one attached hydrogen (secondary N) is 1. The molecule has 44 heavy (non-hydrogen) atoms. The van der Waals surface area contributed by atoms with Crippen LogP contribution in [-0.4, -0.2) is 59.9 Å². The minimum Gasteiger partial charge on any atom is -0.436 e. The molecular formula is C32H31F2N7O3. The number of piperazine rings is 1. The van der Waals surface area contributed by atoms with E-state index >= 15 is 4.39 Å². The average molecular weight is 600 g/mol. The minimum absolute atomic E-state index is 0.0986. The van der Waals surface area contributed by atoms with Crippen LogP contribution in [0, 0.1) is 17.0 Å². The number of aromatic nitrogens is 2. The molecule has 2 fully saturated rings. The van der Waals surface area contributed by atoms with E-state index in [1.54, 1.807) is 0 Å². The Morgan fingerprint density at radius 3 is 2.36 bits per heavy atom. The summed E-state index contributed by atoms with van der Waals surface area (Å²) in [6.07, 6.45) is 2.06. The standard InChI is InChI=1S/C32H31F2N7O3/c1-39-15-17-40(18-16-39)24-4-2-3-22(19-24)37-31-36-14-11-28(38-31)44-27-10-9-25(20-26(27)34)41(23-7-5-21(33)6-8-23)30(43)32(12-13-32)29(35)42/h2-11,14,19-20H,12-13,15-18H2,1H3,(H2,35,42)(H,36,37,38). The monoisotopic (exact) mass is 599 g/mol. The highest BCUT2D eigenvalue weighted by atomic mass is 19.1. The van der Waals surface area contributed by atoms with Gasteiger partial charge in [0, 0.05) is 61.6 Å². The zero-order valence-electron chi connectivity index (χ0n) is 24.0. The first-order valence-electron chi connectivity index (χ1n) is 14.2. The Morgan fingerprint density at radius 2 is 1.68 bits per heavy atom. The molecule has 4 aromatic rings. The minimum atomic E-state index is -1.38. The van der Waals surface area contributed by atoms with E-state index in [1.807, 2.05) is 18.2 Å². The van der Waals surface area contributed by atoms with Crippen LogP contribution in [0.5, 0.6) is 11.6 Å². The maximum atomic E-state index is 15.4. The molecule has 10 nitrogen and oxygen atoms in total. The molecule has 3 aromatic carbocycles. The fourth-order valence-electron chi connectivity index (χ4n) is 5.14. The summed E-state index contributed by atoms with van der Waals surface area (Å²) in [6.45, 7) is 3.86. The fraction of sp³-hybridized carbons (Fsp3) is 0.250. The van der Waals surface area contributed by atoms with Crippen molar-refractivity contribution < 1.29 is 23.1 Å². The van der Waals surface area contributed by atoms with Crippen LogP contribution in [0.2, 0.25) is 0 Å². The van der Waals surface area contributed by atoms with Crippen molar-refractivity contribution in [3.63, 3.8) is 0 Å². The number of hydrogen-bond acceptors (Lipinski definition) is 8. The molecule has 1 aliphatic heterocycles. The molecule has 2 amide bonds. The number of carbonyl (C=O) groups excluding carboxylic acids is 2. The summed E-state index contributed by atoms with van der Waals surface area (Å²) < 4.78 is 34.8. The number of ether oxygens (including phenoxy) is 1. The Kier molecular flexibility index (Phi) is 7.83. The van der Waals surface area contributed by atoms with E-state index in [0.717, 1.165) is 43.6 Å². The van der Waals surface area contributed by atoms with Gasteiger partial charge in [-0.15, -0.1) is 0 Å². The molecule has 1 saturated heterocycles. The van der Waals surface area contributed by atoms with Crippen molar-refractivity contribution in [2.45, 2.75) is 12.8 Å². The largest absolute Gasteiger partial charge is 0.436 e. The lowest BCUT2D eigenvalue weighted by Gasteiger charge is -2.34. The van der Waals surface area contributed by atoms with Gasteiger partial charge in [-0.25, -0.2) is 13.8 Å². The Labute approximate surface area is 253 Å². The SMILES string of the molecule is CN1CCN(c2cccc(Nc3nccc(Oc4ccc(N(C(=O)C5(C(N)=O)CC5)c5ccc(F)cc5)cc4F)n3)c2)CC1. The number of amides is 2. The van der Waals surface area contributed by atoms with Crippen LogP contribution in [0.15, 0.2) is 79.0 Å². The first-order chi connectivity index (χ1) is 21.2. The second kappa shape index (κ2) is 11.9. The third-order valence-electron chi connectivity index (χ3n) is 7.91. The Bertz CT molecular complexity index is 1690. The van der Waals surface area contributed by atoms with Crippen molar-refractivity contribution in [1.82, 2.24) is 14.9 Å². The predicted octanol–water partition coefficient (Wildman–Crippen LogP) is 4.97. The molecule has 0 radical (unpaired) electrons. The molecule has 6 rings (SSSR count). The Balaban J connectivity index is 1.20. The van der Waals surface area contributed by atoms with Gasteiger partial charge in [0.25, 0.3) is 0 Å². The third-order valence-corrected chi connectivity index (χ3v) is 7.91. The van der Waals surface area contributed by atoms with Crippen molar-refractivity contribution in [1.29, 1.82) is 0 Å². The number of nitrogens with zero attached hydrogens (tertiary/aromatic N) is 5. The van der Waals surface area contributed by atoms with E-state index in [9.17, 15) is 14.0 Å². The first kappa shape index (κ1) is 29.0. The number of carbonyl (C=O) groups is 2. The molecule has 2 aliphatic rings. The van der Waals surface area contributed by atoms with Crippen molar-refractivity contribution in [3.05, 3.63) is 90.6 Å².